The Morgan fingerprint density at radius 1 is 0.655 bits per heavy atom. The number of hydrogen-bond donors (Lipinski definition) is 1. The molecule has 2 heterocycles. The fourth-order valence-corrected chi connectivity index (χ4v) is 10.0. The molecule has 0 bridgehead atoms. The molecule has 0 radical (unpaired) electrons. The molecule has 2 aromatic heterocycles. The van der Waals surface area contributed by atoms with Crippen molar-refractivity contribution in [3.8, 4) is 22.3 Å². The number of anilines is 1. The second kappa shape index (κ2) is 15.7. The smallest absolute Gasteiger partial charge is 0.258 e. The third kappa shape index (κ3) is 8.23. The molecule has 1 atom stereocenters. The monoisotopic (exact) mass is 803 g/mol. The van der Waals surface area contributed by atoms with E-state index in [2.05, 4.69) is 30.3 Å². The molecular weight excluding hydrogens is 772 g/mol. The van der Waals surface area contributed by atoms with Crippen LogP contribution in [-0.4, -0.2) is 23.7 Å². The van der Waals surface area contributed by atoms with Crippen molar-refractivity contribution in [1.82, 2.24) is 0 Å². The Bertz CT molecular complexity index is 2680. The topological polar surface area (TPSA) is 40.5 Å². The molecule has 0 aliphatic rings. The Kier molecular flexibility index (Phi) is 10.6. The highest BCUT2D eigenvalue weighted by molar-refractivity contribution is 7.20. The van der Waals surface area contributed by atoms with Crippen LogP contribution in [-0.2, 0) is 12.8 Å². The second-order valence-electron chi connectivity index (χ2n) is 13.7. The summed E-state index contributed by atoms with van der Waals surface area (Å²) in [5.74, 6) is -0.947. The van der Waals surface area contributed by atoms with Gasteiger partial charge in [0.05, 0.1) is 12.6 Å². The number of aliphatic hydroxyl groups is 1. The van der Waals surface area contributed by atoms with Crippen molar-refractivity contribution in [2.75, 3.05) is 11.4 Å². The number of nitrogens with zero attached hydrogens (tertiary/aromatic N) is 1. The minimum Gasteiger partial charge on any atom is -0.392 e. The number of amides is 1. The zero-order valence-electron chi connectivity index (χ0n) is 29.5. The Morgan fingerprint density at radius 2 is 1.16 bits per heavy atom. The van der Waals surface area contributed by atoms with Gasteiger partial charge < -0.3 is 10.0 Å². The number of carbonyl (C=O) groups is 1. The lowest BCUT2D eigenvalue weighted by molar-refractivity contribution is 0.0967. The van der Waals surface area contributed by atoms with Crippen LogP contribution >= 0.6 is 45.9 Å². The van der Waals surface area contributed by atoms with Crippen molar-refractivity contribution in [3.63, 3.8) is 0 Å². The van der Waals surface area contributed by atoms with Crippen molar-refractivity contribution >= 4 is 77.6 Å². The van der Waals surface area contributed by atoms with Crippen molar-refractivity contribution < 1.29 is 18.7 Å². The highest BCUT2D eigenvalue weighted by Crippen LogP contribution is 2.39. The van der Waals surface area contributed by atoms with Crippen molar-refractivity contribution in [3.05, 3.63) is 182 Å². The van der Waals surface area contributed by atoms with E-state index in [-0.39, 0.29) is 24.1 Å². The van der Waals surface area contributed by atoms with Crippen LogP contribution in [0.3, 0.4) is 0 Å². The van der Waals surface area contributed by atoms with Gasteiger partial charge in [-0.15, -0.1) is 22.7 Å². The molecule has 0 fully saturated rings. The van der Waals surface area contributed by atoms with Crippen LogP contribution < -0.4 is 4.90 Å². The molecule has 1 amide bonds. The summed E-state index contributed by atoms with van der Waals surface area (Å²) in [6.45, 7) is 1.77. The van der Waals surface area contributed by atoms with E-state index < -0.39 is 6.10 Å². The molecule has 0 saturated heterocycles. The molecule has 1 N–H and O–H groups in total. The number of aliphatic hydroxyl groups excluding tert-OH is 1. The third-order valence-electron chi connectivity index (χ3n) is 9.37. The summed E-state index contributed by atoms with van der Waals surface area (Å²) < 4.78 is 30.3. The first-order valence-corrected chi connectivity index (χ1v) is 20.1. The largest absolute Gasteiger partial charge is 0.392 e. The van der Waals surface area contributed by atoms with Crippen LogP contribution in [0.15, 0.2) is 133 Å². The van der Waals surface area contributed by atoms with E-state index in [0.29, 0.717) is 34.1 Å². The standard InChI is InChI=1S/C46H33Cl2F2NO2S2/c1-27(52)26-51(39-11-3-7-31(21-39)43-13-5-9-33-23-41(55-45(33)43)19-29-15-36(48)25-38(50)17-29)46(53)34-10-2-6-30(20-34)42-12-4-8-32-22-40(54-44(32)42)18-28-14-35(47)24-37(49)16-28/h2-17,20-25,27,52H,18-19,26H2,1H3. The summed E-state index contributed by atoms with van der Waals surface area (Å²) in [6.07, 6.45) is 0.328. The molecule has 3 nitrogen and oxygen atoms in total. The molecule has 1 unspecified atom stereocenters. The molecule has 0 spiro atoms. The lowest BCUT2D eigenvalue weighted by atomic mass is 10.0. The van der Waals surface area contributed by atoms with Gasteiger partial charge in [0.2, 0.25) is 0 Å². The van der Waals surface area contributed by atoms with Gasteiger partial charge in [0, 0.05) is 53.3 Å². The maximum atomic E-state index is 14.4. The van der Waals surface area contributed by atoms with Crippen LogP contribution in [0.4, 0.5) is 14.5 Å². The summed E-state index contributed by atoms with van der Waals surface area (Å²) in [5, 5.41) is 13.5. The van der Waals surface area contributed by atoms with Gasteiger partial charge in [0.15, 0.2) is 0 Å². The predicted molar refractivity (Wildman–Crippen MR) is 226 cm³/mol. The first kappa shape index (κ1) is 37.1. The van der Waals surface area contributed by atoms with Crippen LogP contribution in [0, 0.1) is 11.6 Å². The van der Waals surface area contributed by atoms with Crippen molar-refractivity contribution in [1.29, 1.82) is 0 Å². The minimum atomic E-state index is -0.776. The molecule has 9 heteroatoms. The fraction of sp³-hybridized carbons (Fsp3) is 0.109. The summed E-state index contributed by atoms with van der Waals surface area (Å²) in [7, 11) is 0. The molecule has 0 aliphatic heterocycles. The normalized spacial score (nSPS) is 12.0. The SMILES string of the molecule is CC(O)CN(C(=O)c1cccc(-c2cccc3cc(Cc4cc(F)cc(Cl)c4)sc23)c1)c1cccc(-c2cccc3cc(Cc4cc(F)cc(Cl)c4)sc23)c1. The lowest BCUT2D eigenvalue weighted by Crippen LogP contribution is -2.36. The molecule has 8 aromatic rings. The molecular formula is C46H33Cl2F2NO2S2. The predicted octanol–water partition coefficient (Wildman–Crippen LogP) is 13.2. The number of fused-ring (bicyclic) bond motifs is 2. The van der Waals surface area contributed by atoms with Gasteiger partial charge in [-0.05, 0) is 124 Å². The quantitative estimate of drug-likeness (QED) is 0.150. The maximum absolute atomic E-state index is 14.4. The van der Waals surface area contributed by atoms with Gasteiger partial charge in [-0.25, -0.2) is 8.78 Å². The number of rotatable bonds is 10. The van der Waals surface area contributed by atoms with Gasteiger partial charge in [-0.2, -0.15) is 0 Å². The maximum Gasteiger partial charge on any atom is 0.258 e. The molecule has 6 aromatic carbocycles. The number of carbonyl (C=O) groups excluding carboxylic acids is 1. The van der Waals surface area contributed by atoms with E-state index in [1.165, 1.54) is 24.3 Å². The highest BCUT2D eigenvalue weighted by Gasteiger charge is 2.22. The average Bonchev–Trinajstić information content (AvgIpc) is 3.76. The third-order valence-corrected chi connectivity index (χ3v) is 12.2. The number of hydrogen-bond acceptors (Lipinski definition) is 4. The summed E-state index contributed by atoms with van der Waals surface area (Å²) in [4.78, 5) is 18.2. The van der Waals surface area contributed by atoms with Crippen LogP contribution in [0.1, 0.15) is 38.2 Å². The van der Waals surface area contributed by atoms with E-state index in [1.807, 2.05) is 60.7 Å². The molecule has 8 rings (SSSR count). The van der Waals surface area contributed by atoms with Gasteiger partial charge in [-0.3, -0.25) is 4.79 Å². The molecule has 55 heavy (non-hydrogen) atoms. The van der Waals surface area contributed by atoms with E-state index in [1.54, 1.807) is 52.7 Å². The van der Waals surface area contributed by atoms with Gasteiger partial charge in [0.1, 0.15) is 11.6 Å². The Labute approximate surface area is 335 Å². The van der Waals surface area contributed by atoms with E-state index in [0.717, 1.165) is 63.3 Å². The molecule has 274 valence electrons. The lowest BCUT2D eigenvalue weighted by Gasteiger charge is -2.25. The first-order valence-electron chi connectivity index (χ1n) is 17.7. The summed E-state index contributed by atoms with van der Waals surface area (Å²) in [6, 6.07) is 41.1. The van der Waals surface area contributed by atoms with Crippen LogP contribution in [0.25, 0.3) is 42.4 Å². The Balaban J connectivity index is 1.10. The average molecular weight is 805 g/mol. The van der Waals surface area contributed by atoms with Crippen LogP contribution in [0.2, 0.25) is 10.0 Å². The highest BCUT2D eigenvalue weighted by atomic mass is 35.5. The van der Waals surface area contributed by atoms with Gasteiger partial charge in [0.25, 0.3) is 5.91 Å². The number of thiophene rings is 2. The van der Waals surface area contributed by atoms with Crippen molar-refractivity contribution in [2.45, 2.75) is 25.9 Å². The van der Waals surface area contributed by atoms with Gasteiger partial charge in [-0.1, -0.05) is 83.9 Å². The minimum absolute atomic E-state index is 0.101. The fourth-order valence-electron chi connectivity index (χ4n) is 7.08. The van der Waals surface area contributed by atoms with Crippen LogP contribution in [0.5, 0.6) is 0 Å². The van der Waals surface area contributed by atoms with Crippen molar-refractivity contribution in [2.24, 2.45) is 0 Å². The van der Waals surface area contributed by atoms with Gasteiger partial charge >= 0.3 is 0 Å². The zero-order valence-corrected chi connectivity index (χ0v) is 32.7. The summed E-state index contributed by atoms with van der Waals surface area (Å²) in [5.41, 5.74) is 6.61. The molecule has 0 aliphatic carbocycles. The Hall–Kier alpha value is -4.89. The zero-order chi connectivity index (χ0) is 38.2. The molecule has 0 saturated carbocycles. The Morgan fingerprint density at radius 3 is 1.69 bits per heavy atom. The first-order chi connectivity index (χ1) is 26.6. The number of halogens is 4. The second-order valence-corrected chi connectivity index (χ2v) is 16.8. The number of benzene rings is 6. The van der Waals surface area contributed by atoms with E-state index in [9.17, 15) is 18.7 Å². The van der Waals surface area contributed by atoms with E-state index >= 15 is 0 Å². The summed E-state index contributed by atoms with van der Waals surface area (Å²) >= 11 is 15.5. The van der Waals surface area contributed by atoms with E-state index in [4.69, 9.17) is 23.2 Å².